The van der Waals surface area contributed by atoms with Crippen LogP contribution in [0.4, 0.5) is 0 Å². The Morgan fingerprint density at radius 3 is 1.80 bits per heavy atom. The molecule has 0 spiro atoms. The van der Waals surface area contributed by atoms with E-state index in [2.05, 4.69) is 112 Å². The van der Waals surface area contributed by atoms with Gasteiger partial charge >= 0.3 is 0 Å². The molecule has 0 aliphatic heterocycles. The van der Waals surface area contributed by atoms with Gasteiger partial charge in [-0.25, -0.2) is 0 Å². The maximum absolute atomic E-state index is 10.1. The van der Waals surface area contributed by atoms with E-state index >= 15 is 0 Å². The Morgan fingerprint density at radius 1 is 0.400 bits per heavy atom. The maximum atomic E-state index is 10.1. The summed E-state index contributed by atoms with van der Waals surface area (Å²) in [4.78, 5) is 0. The van der Waals surface area contributed by atoms with Crippen LogP contribution in [0.1, 0.15) is 16.7 Å². The minimum Gasteiger partial charge on any atom is -0.309 e. The first-order chi connectivity index (χ1) is 24.7. The number of para-hydroxylation sites is 3. The van der Waals surface area contributed by atoms with Crippen LogP contribution in [0.15, 0.2) is 152 Å². The molecule has 2 heterocycles. The molecule has 0 atom stereocenters. The number of aromatic nitrogens is 2. The van der Waals surface area contributed by atoms with Crippen LogP contribution in [0, 0.1) is 34.0 Å². The normalized spacial score (nSPS) is 11.1. The van der Waals surface area contributed by atoms with Crippen molar-refractivity contribution in [1.82, 2.24) is 9.13 Å². The number of nitriles is 3. The van der Waals surface area contributed by atoms with Gasteiger partial charge in [0.2, 0.25) is 0 Å². The fourth-order valence-corrected chi connectivity index (χ4v) is 7.53. The van der Waals surface area contributed by atoms with Crippen LogP contribution >= 0.6 is 0 Å². The van der Waals surface area contributed by atoms with Crippen molar-refractivity contribution in [2.45, 2.75) is 0 Å². The van der Waals surface area contributed by atoms with E-state index < -0.39 is 0 Å². The lowest BCUT2D eigenvalue weighted by molar-refractivity contribution is 1.17. The van der Waals surface area contributed by atoms with Crippen LogP contribution in [-0.2, 0) is 0 Å². The molecular formula is C45H25N5. The van der Waals surface area contributed by atoms with Crippen molar-refractivity contribution in [3.05, 3.63) is 168 Å². The van der Waals surface area contributed by atoms with Crippen LogP contribution in [0.2, 0.25) is 0 Å². The van der Waals surface area contributed by atoms with Crippen LogP contribution in [0.3, 0.4) is 0 Å². The quantitative estimate of drug-likeness (QED) is 0.193. The number of fused-ring (bicyclic) bond motifs is 6. The summed E-state index contributed by atoms with van der Waals surface area (Å²) in [5, 5.41) is 33.8. The monoisotopic (exact) mass is 635 g/mol. The number of nitrogens with zero attached hydrogens (tertiary/aromatic N) is 5. The van der Waals surface area contributed by atoms with Gasteiger partial charge in [0.25, 0.3) is 0 Å². The lowest BCUT2D eigenvalue weighted by Gasteiger charge is -2.16. The Bertz CT molecular complexity index is 2960. The van der Waals surface area contributed by atoms with Gasteiger partial charge in [-0.05, 0) is 83.4 Å². The average molecular weight is 636 g/mol. The molecule has 2 aromatic heterocycles. The van der Waals surface area contributed by atoms with Crippen molar-refractivity contribution >= 4 is 43.6 Å². The molecule has 7 aromatic carbocycles. The van der Waals surface area contributed by atoms with E-state index in [0.29, 0.717) is 16.7 Å². The standard InChI is InChI=1S/C45H25N5/c46-26-29-19-22-32(23-20-29)49-41-17-6-4-12-35(41)38-15-7-14-37(45(38)49)34-11-3-2-10-33(34)36-13-8-18-43-44(36)39-25-30(27-47)21-24-42(39)50(43)40-16-5-1-9-31(40)28-48/h1-25H. The summed E-state index contributed by atoms with van der Waals surface area (Å²) in [5.74, 6) is 0. The molecule has 230 valence electrons. The minimum absolute atomic E-state index is 0.573. The Balaban J connectivity index is 1.38. The molecule has 9 aromatic rings. The van der Waals surface area contributed by atoms with Gasteiger partial charge in [-0.2, -0.15) is 15.8 Å². The van der Waals surface area contributed by atoms with E-state index in [1.54, 1.807) is 0 Å². The predicted molar refractivity (Wildman–Crippen MR) is 200 cm³/mol. The van der Waals surface area contributed by atoms with E-state index in [1.807, 2.05) is 66.7 Å². The molecule has 50 heavy (non-hydrogen) atoms. The summed E-state index contributed by atoms with van der Waals surface area (Å²) < 4.78 is 4.43. The van der Waals surface area contributed by atoms with Crippen LogP contribution in [0.25, 0.3) is 77.2 Å². The van der Waals surface area contributed by atoms with Gasteiger partial charge in [0.15, 0.2) is 0 Å². The Kier molecular flexibility index (Phi) is 6.56. The third-order valence-corrected chi connectivity index (χ3v) is 9.64. The first-order valence-electron chi connectivity index (χ1n) is 16.3. The molecular weight excluding hydrogens is 611 g/mol. The lowest BCUT2D eigenvalue weighted by Crippen LogP contribution is -1.97. The van der Waals surface area contributed by atoms with Crippen LogP contribution < -0.4 is 0 Å². The van der Waals surface area contributed by atoms with Crippen molar-refractivity contribution in [1.29, 1.82) is 15.8 Å². The molecule has 9 rings (SSSR count). The highest BCUT2D eigenvalue weighted by Gasteiger charge is 2.22. The highest BCUT2D eigenvalue weighted by molar-refractivity contribution is 6.19. The third kappa shape index (κ3) is 4.24. The number of benzene rings is 7. The van der Waals surface area contributed by atoms with Gasteiger partial charge in [-0.1, -0.05) is 84.9 Å². The van der Waals surface area contributed by atoms with E-state index in [0.717, 1.165) is 77.2 Å². The molecule has 5 heteroatoms. The largest absolute Gasteiger partial charge is 0.309 e. The van der Waals surface area contributed by atoms with Crippen molar-refractivity contribution in [3.63, 3.8) is 0 Å². The van der Waals surface area contributed by atoms with E-state index in [1.165, 1.54) is 0 Å². The molecule has 0 unspecified atom stereocenters. The second kappa shape index (κ2) is 11.4. The summed E-state index contributed by atoms with van der Waals surface area (Å²) >= 11 is 0. The van der Waals surface area contributed by atoms with Gasteiger partial charge in [-0.15, -0.1) is 0 Å². The number of rotatable bonds is 4. The minimum atomic E-state index is 0.573. The molecule has 0 aliphatic carbocycles. The highest BCUT2D eigenvalue weighted by Crippen LogP contribution is 2.45. The van der Waals surface area contributed by atoms with E-state index in [9.17, 15) is 15.8 Å². The van der Waals surface area contributed by atoms with Crippen molar-refractivity contribution in [2.75, 3.05) is 0 Å². The Morgan fingerprint density at radius 2 is 1.00 bits per heavy atom. The van der Waals surface area contributed by atoms with Gasteiger partial charge in [0.1, 0.15) is 6.07 Å². The predicted octanol–water partition coefficient (Wildman–Crippen LogP) is 10.8. The van der Waals surface area contributed by atoms with E-state index in [4.69, 9.17) is 0 Å². The first kappa shape index (κ1) is 28.8. The van der Waals surface area contributed by atoms with Gasteiger partial charge in [-0.3, -0.25) is 0 Å². The van der Waals surface area contributed by atoms with Crippen molar-refractivity contribution < 1.29 is 0 Å². The number of hydrogen-bond acceptors (Lipinski definition) is 3. The zero-order chi connectivity index (χ0) is 33.8. The SMILES string of the molecule is N#Cc1ccc(-n2c3ccccc3c3cccc(-c4ccccc4-c4cccc5c4c4cc(C#N)ccc4n5-c4ccccc4C#N)c32)cc1. The topological polar surface area (TPSA) is 81.2 Å². The van der Waals surface area contributed by atoms with Gasteiger partial charge in [0.05, 0.1) is 56.6 Å². The van der Waals surface area contributed by atoms with Gasteiger partial charge < -0.3 is 9.13 Å². The second-order valence-electron chi connectivity index (χ2n) is 12.3. The average Bonchev–Trinajstić information content (AvgIpc) is 3.70. The molecule has 0 saturated heterocycles. The maximum Gasteiger partial charge on any atom is 0.101 e. The summed E-state index contributed by atoms with van der Waals surface area (Å²) in [6, 6.07) is 57.8. The second-order valence-corrected chi connectivity index (χ2v) is 12.3. The Labute approximate surface area is 287 Å². The highest BCUT2D eigenvalue weighted by atomic mass is 15.0. The van der Waals surface area contributed by atoms with Crippen LogP contribution in [-0.4, -0.2) is 9.13 Å². The van der Waals surface area contributed by atoms with Crippen molar-refractivity contribution in [2.24, 2.45) is 0 Å². The molecule has 0 fully saturated rings. The molecule has 0 bridgehead atoms. The zero-order valence-corrected chi connectivity index (χ0v) is 26.7. The van der Waals surface area contributed by atoms with Crippen molar-refractivity contribution in [3.8, 4) is 51.8 Å². The molecule has 5 nitrogen and oxygen atoms in total. The smallest absolute Gasteiger partial charge is 0.101 e. The third-order valence-electron chi connectivity index (χ3n) is 9.64. The molecule has 0 aliphatic rings. The Hall–Kier alpha value is -7.39. The molecule has 0 amide bonds. The number of hydrogen-bond donors (Lipinski definition) is 0. The zero-order valence-electron chi connectivity index (χ0n) is 26.7. The fraction of sp³-hybridized carbons (Fsp3) is 0. The molecule has 0 radical (unpaired) electrons. The molecule has 0 N–H and O–H groups in total. The van der Waals surface area contributed by atoms with Crippen LogP contribution in [0.5, 0.6) is 0 Å². The summed E-state index contributed by atoms with van der Waals surface area (Å²) in [5.41, 5.74) is 11.8. The molecule has 0 saturated carbocycles. The fourth-order valence-electron chi connectivity index (χ4n) is 7.53. The van der Waals surface area contributed by atoms with E-state index in [-0.39, 0.29) is 0 Å². The van der Waals surface area contributed by atoms with Gasteiger partial charge in [0, 0.05) is 32.8 Å². The lowest BCUT2D eigenvalue weighted by atomic mass is 9.91. The first-order valence-corrected chi connectivity index (χ1v) is 16.3. The summed E-state index contributed by atoms with van der Waals surface area (Å²) in [7, 11) is 0. The summed E-state index contributed by atoms with van der Waals surface area (Å²) in [6.45, 7) is 0. The summed E-state index contributed by atoms with van der Waals surface area (Å²) in [6.07, 6.45) is 0.